The van der Waals surface area contributed by atoms with Crippen LogP contribution in [0.15, 0.2) is 70.1 Å². The van der Waals surface area contributed by atoms with Gasteiger partial charge in [0.1, 0.15) is 11.4 Å². The Kier molecular flexibility index (Phi) is 5.94. The van der Waals surface area contributed by atoms with Crippen molar-refractivity contribution in [3.8, 4) is 11.1 Å². The summed E-state index contributed by atoms with van der Waals surface area (Å²) in [7, 11) is 0. The molecule has 0 bridgehead atoms. The fourth-order valence-corrected chi connectivity index (χ4v) is 4.24. The molecule has 0 aliphatic heterocycles. The number of nitrogens with one attached hydrogen (secondary N) is 1. The molecule has 0 fully saturated rings. The molecule has 0 saturated heterocycles. The highest BCUT2D eigenvalue weighted by molar-refractivity contribution is 7.17. The van der Waals surface area contributed by atoms with Crippen LogP contribution in [0.5, 0.6) is 0 Å². The van der Waals surface area contributed by atoms with Crippen molar-refractivity contribution in [1.82, 2.24) is 15.0 Å². The van der Waals surface area contributed by atoms with E-state index in [0.717, 1.165) is 11.1 Å². The maximum Gasteiger partial charge on any atom is 0.263 e. The van der Waals surface area contributed by atoms with Gasteiger partial charge in [0, 0.05) is 21.5 Å². The van der Waals surface area contributed by atoms with Crippen LogP contribution in [0.25, 0.3) is 21.3 Å². The van der Waals surface area contributed by atoms with Crippen molar-refractivity contribution in [3.05, 3.63) is 86.2 Å². The quantitative estimate of drug-likeness (QED) is 0.352. The van der Waals surface area contributed by atoms with Crippen molar-refractivity contribution < 1.29 is 4.79 Å². The van der Waals surface area contributed by atoms with Gasteiger partial charge in [-0.2, -0.15) is 5.10 Å². The highest BCUT2D eigenvalue weighted by Crippen LogP contribution is 2.30. The summed E-state index contributed by atoms with van der Waals surface area (Å²) < 4.78 is 1.27. The Labute approximate surface area is 185 Å². The van der Waals surface area contributed by atoms with E-state index in [1.54, 1.807) is 18.2 Å². The molecule has 0 aliphatic rings. The van der Waals surface area contributed by atoms with E-state index in [2.05, 4.69) is 15.5 Å². The van der Waals surface area contributed by atoms with Crippen LogP contribution < -0.4 is 11.0 Å². The SMILES string of the molecule is O=C(Cn1cnc2scc(-c3ccccc3)c2c1=O)N/N=C\c1ccc(Cl)cc1Cl. The van der Waals surface area contributed by atoms with E-state index in [0.29, 0.717) is 25.8 Å². The Balaban J connectivity index is 1.54. The fraction of sp³-hybridized carbons (Fsp3) is 0.0476. The zero-order valence-corrected chi connectivity index (χ0v) is 17.7. The third kappa shape index (κ3) is 4.28. The minimum atomic E-state index is -0.462. The summed E-state index contributed by atoms with van der Waals surface area (Å²) in [6, 6.07) is 14.5. The number of hydrogen-bond acceptors (Lipinski definition) is 5. The number of benzene rings is 2. The minimum Gasteiger partial charge on any atom is -0.289 e. The van der Waals surface area contributed by atoms with E-state index in [1.165, 1.54) is 28.4 Å². The van der Waals surface area contributed by atoms with E-state index in [4.69, 9.17) is 23.2 Å². The number of carbonyl (C=O) groups is 1. The number of rotatable bonds is 5. The van der Waals surface area contributed by atoms with E-state index in [-0.39, 0.29) is 12.1 Å². The molecule has 4 aromatic rings. The van der Waals surface area contributed by atoms with Gasteiger partial charge < -0.3 is 0 Å². The highest BCUT2D eigenvalue weighted by atomic mass is 35.5. The van der Waals surface area contributed by atoms with Crippen molar-refractivity contribution in [2.45, 2.75) is 6.54 Å². The molecule has 2 heterocycles. The lowest BCUT2D eigenvalue weighted by molar-refractivity contribution is -0.121. The minimum absolute atomic E-state index is 0.211. The van der Waals surface area contributed by atoms with Crippen LogP contribution in [0.1, 0.15) is 5.56 Å². The normalized spacial score (nSPS) is 11.3. The number of fused-ring (bicyclic) bond motifs is 1. The Morgan fingerprint density at radius 2 is 2.00 bits per heavy atom. The molecule has 0 atom stereocenters. The lowest BCUT2D eigenvalue weighted by Crippen LogP contribution is -2.30. The number of halogens is 2. The summed E-state index contributed by atoms with van der Waals surface area (Å²) in [5.74, 6) is -0.462. The maximum absolute atomic E-state index is 13.0. The van der Waals surface area contributed by atoms with E-state index < -0.39 is 5.91 Å². The summed E-state index contributed by atoms with van der Waals surface area (Å²) in [6.07, 6.45) is 2.78. The predicted octanol–water partition coefficient (Wildman–Crippen LogP) is 4.58. The summed E-state index contributed by atoms with van der Waals surface area (Å²) >= 11 is 13.3. The standard InChI is InChI=1S/C21H14Cl2N4O2S/c22-15-7-6-14(17(23)8-15)9-25-26-18(28)10-27-12-24-20-19(21(27)29)16(11-30-20)13-4-2-1-3-5-13/h1-9,11-12H,10H2,(H,26,28)/b25-9-. The molecular weight excluding hydrogens is 443 g/mol. The maximum atomic E-state index is 13.0. The summed E-state index contributed by atoms with van der Waals surface area (Å²) in [4.78, 5) is 30.2. The zero-order valence-electron chi connectivity index (χ0n) is 15.4. The Hall–Kier alpha value is -3.00. The van der Waals surface area contributed by atoms with Crippen molar-refractivity contribution in [2.24, 2.45) is 5.10 Å². The monoisotopic (exact) mass is 456 g/mol. The van der Waals surface area contributed by atoms with Gasteiger partial charge in [0.25, 0.3) is 11.5 Å². The van der Waals surface area contributed by atoms with Gasteiger partial charge in [0.15, 0.2) is 0 Å². The van der Waals surface area contributed by atoms with Crippen LogP contribution in [-0.4, -0.2) is 21.7 Å². The first-order valence-electron chi connectivity index (χ1n) is 8.82. The van der Waals surface area contributed by atoms with Gasteiger partial charge in [0.05, 0.1) is 23.0 Å². The third-order valence-corrected chi connectivity index (χ3v) is 5.76. The second-order valence-corrected chi connectivity index (χ2v) is 8.03. The molecular formula is C21H14Cl2N4O2S. The average molecular weight is 457 g/mol. The molecule has 0 saturated carbocycles. The number of aromatic nitrogens is 2. The van der Waals surface area contributed by atoms with Crippen molar-refractivity contribution >= 4 is 56.9 Å². The molecule has 150 valence electrons. The predicted molar refractivity (Wildman–Crippen MR) is 122 cm³/mol. The van der Waals surface area contributed by atoms with Crippen LogP contribution >= 0.6 is 34.5 Å². The molecule has 30 heavy (non-hydrogen) atoms. The lowest BCUT2D eigenvalue weighted by Gasteiger charge is -2.05. The molecule has 2 aromatic carbocycles. The fourth-order valence-electron chi connectivity index (χ4n) is 2.88. The average Bonchev–Trinajstić information content (AvgIpc) is 3.17. The number of nitrogens with zero attached hydrogens (tertiary/aromatic N) is 3. The van der Waals surface area contributed by atoms with E-state index in [1.807, 2.05) is 35.7 Å². The smallest absolute Gasteiger partial charge is 0.263 e. The highest BCUT2D eigenvalue weighted by Gasteiger charge is 2.14. The first-order valence-corrected chi connectivity index (χ1v) is 10.5. The molecule has 4 rings (SSSR count). The second kappa shape index (κ2) is 8.79. The third-order valence-electron chi connectivity index (χ3n) is 4.31. The van der Waals surface area contributed by atoms with Gasteiger partial charge >= 0.3 is 0 Å². The summed E-state index contributed by atoms with van der Waals surface area (Å²) in [6.45, 7) is -0.211. The van der Waals surface area contributed by atoms with E-state index >= 15 is 0 Å². The molecule has 0 spiro atoms. The Bertz CT molecular complexity index is 1320. The zero-order chi connectivity index (χ0) is 21.1. The molecule has 6 nitrogen and oxygen atoms in total. The number of carbonyl (C=O) groups excluding carboxylic acids is 1. The topological polar surface area (TPSA) is 76.3 Å². The van der Waals surface area contributed by atoms with Gasteiger partial charge in [-0.25, -0.2) is 10.4 Å². The lowest BCUT2D eigenvalue weighted by atomic mass is 10.1. The number of thiophene rings is 1. The Morgan fingerprint density at radius 1 is 1.20 bits per heavy atom. The molecule has 1 N–H and O–H groups in total. The first kappa shape index (κ1) is 20.3. The van der Waals surface area contributed by atoms with Crippen LogP contribution in [0.2, 0.25) is 10.0 Å². The van der Waals surface area contributed by atoms with Crippen LogP contribution in [-0.2, 0) is 11.3 Å². The van der Waals surface area contributed by atoms with Gasteiger partial charge in [0.2, 0.25) is 0 Å². The van der Waals surface area contributed by atoms with Crippen molar-refractivity contribution in [1.29, 1.82) is 0 Å². The van der Waals surface area contributed by atoms with Gasteiger partial charge in [-0.1, -0.05) is 59.6 Å². The molecule has 0 radical (unpaired) electrons. The summed E-state index contributed by atoms with van der Waals surface area (Å²) in [5, 5.41) is 7.21. The molecule has 0 aliphatic carbocycles. The Morgan fingerprint density at radius 3 is 2.77 bits per heavy atom. The number of amides is 1. The first-order chi connectivity index (χ1) is 14.5. The second-order valence-electron chi connectivity index (χ2n) is 6.33. The summed E-state index contributed by atoms with van der Waals surface area (Å²) in [5.41, 5.74) is 4.45. The van der Waals surface area contributed by atoms with Crippen LogP contribution in [0.3, 0.4) is 0 Å². The molecule has 1 amide bonds. The van der Waals surface area contributed by atoms with Crippen molar-refractivity contribution in [2.75, 3.05) is 0 Å². The van der Waals surface area contributed by atoms with Crippen LogP contribution in [0.4, 0.5) is 0 Å². The molecule has 9 heteroatoms. The van der Waals surface area contributed by atoms with Crippen LogP contribution in [0, 0.1) is 0 Å². The van der Waals surface area contributed by atoms with E-state index in [9.17, 15) is 9.59 Å². The number of hydrogen-bond donors (Lipinski definition) is 1. The molecule has 2 aromatic heterocycles. The van der Waals surface area contributed by atoms with Gasteiger partial charge in [-0.05, 0) is 17.7 Å². The molecule has 0 unspecified atom stereocenters. The van der Waals surface area contributed by atoms with Gasteiger partial charge in [-0.15, -0.1) is 11.3 Å². The van der Waals surface area contributed by atoms with Crippen molar-refractivity contribution in [3.63, 3.8) is 0 Å². The largest absolute Gasteiger partial charge is 0.289 e. The van der Waals surface area contributed by atoms with Gasteiger partial charge in [-0.3, -0.25) is 14.2 Å². The number of hydrazone groups is 1.